The van der Waals surface area contributed by atoms with E-state index >= 15 is 0 Å². The third-order valence-electron chi connectivity index (χ3n) is 5.95. The molecule has 0 aliphatic carbocycles. The Balaban J connectivity index is 1.63. The molecule has 2 aromatic rings. The van der Waals surface area contributed by atoms with Crippen molar-refractivity contribution in [3.8, 4) is 11.5 Å². The van der Waals surface area contributed by atoms with Crippen molar-refractivity contribution in [1.29, 1.82) is 0 Å². The minimum atomic E-state index is -1.09. The maximum Gasteiger partial charge on any atom is 0.291 e. The molecule has 3 heterocycles. The molecule has 2 atom stereocenters. The second kappa shape index (κ2) is 9.81. The molecule has 1 aromatic carbocycles. The van der Waals surface area contributed by atoms with Crippen LogP contribution in [0, 0.1) is 5.92 Å². The first-order valence-corrected chi connectivity index (χ1v) is 11.4. The van der Waals surface area contributed by atoms with E-state index in [4.69, 9.17) is 14.2 Å². The van der Waals surface area contributed by atoms with Crippen LogP contribution in [0.3, 0.4) is 0 Å². The van der Waals surface area contributed by atoms with E-state index in [1.54, 1.807) is 23.1 Å². The maximum absolute atomic E-state index is 13.5. The molecule has 4 rings (SSSR count). The summed E-state index contributed by atoms with van der Waals surface area (Å²) in [5.74, 6) is -1.87. The summed E-state index contributed by atoms with van der Waals surface area (Å²) < 4.78 is 15.9. The topological polar surface area (TPSA) is 85.4 Å². The lowest BCUT2D eigenvalue weighted by Gasteiger charge is -2.31. The molecule has 9 heteroatoms. The van der Waals surface area contributed by atoms with Crippen molar-refractivity contribution in [2.75, 3.05) is 53.6 Å². The van der Waals surface area contributed by atoms with Crippen molar-refractivity contribution in [1.82, 2.24) is 9.80 Å². The maximum atomic E-state index is 13.5. The smallest absolute Gasteiger partial charge is 0.291 e. The first kappa shape index (κ1) is 22.4. The number of nitrogens with zero attached hydrogens (tertiary/aromatic N) is 2. The molecule has 8 nitrogen and oxygen atoms in total. The molecule has 2 unspecified atom stereocenters. The van der Waals surface area contributed by atoms with Crippen LogP contribution in [0.4, 0.5) is 0 Å². The molecule has 0 spiro atoms. The van der Waals surface area contributed by atoms with Gasteiger partial charge in [0, 0.05) is 36.6 Å². The fraction of sp³-hybridized carbons (Fsp3) is 0.435. The van der Waals surface area contributed by atoms with E-state index < -0.39 is 29.4 Å². The third kappa shape index (κ3) is 4.28. The normalized spacial score (nSPS) is 21.8. The number of carbonyl (C=O) groups excluding carboxylic acids is 3. The summed E-state index contributed by atoms with van der Waals surface area (Å²) in [7, 11) is 3.00. The zero-order valence-electron chi connectivity index (χ0n) is 18.1. The van der Waals surface area contributed by atoms with Gasteiger partial charge in [0.2, 0.25) is 5.78 Å². The van der Waals surface area contributed by atoms with E-state index in [9.17, 15) is 14.4 Å². The fourth-order valence-corrected chi connectivity index (χ4v) is 5.12. The number of ether oxygens (including phenoxy) is 3. The van der Waals surface area contributed by atoms with Gasteiger partial charge in [-0.3, -0.25) is 19.3 Å². The standard InChI is InChI=1S/C23H26N2O6S/c1-29-16-6-5-15(14-17(16)30-2)21(26)19-20(18-4-3-13-32-18)25(23(28)22(19)27)8-7-24-9-11-31-12-10-24/h3-6,13-14,19-20H,7-12H2,1-2H3. The van der Waals surface area contributed by atoms with E-state index in [1.165, 1.54) is 25.6 Å². The van der Waals surface area contributed by atoms with E-state index in [2.05, 4.69) is 4.90 Å². The highest BCUT2D eigenvalue weighted by atomic mass is 32.1. The lowest BCUT2D eigenvalue weighted by molar-refractivity contribution is -0.141. The number of likely N-dealkylation sites (tertiary alicyclic amines) is 1. The van der Waals surface area contributed by atoms with E-state index in [1.807, 2.05) is 17.5 Å². The van der Waals surface area contributed by atoms with Crippen LogP contribution in [0.15, 0.2) is 35.7 Å². The van der Waals surface area contributed by atoms with Crippen LogP contribution in [0.1, 0.15) is 21.3 Å². The Labute approximate surface area is 190 Å². The Hall–Kier alpha value is -2.75. The highest BCUT2D eigenvalue weighted by Gasteiger charge is 2.52. The molecule has 0 radical (unpaired) electrons. The molecule has 0 bridgehead atoms. The van der Waals surface area contributed by atoms with Crippen LogP contribution < -0.4 is 9.47 Å². The van der Waals surface area contributed by atoms with Gasteiger partial charge in [-0.1, -0.05) is 6.07 Å². The van der Waals surface area contributed by atoms with Crippen LogP contribution in [-0.4, -0.2) is 80.9 Å². The minimum Gasteiger partial charge on any atom is -0.493 e. The van der Waals surface area contributed by atoms with Gasteiger partial charge in [0.05, 0.1) is 33.5 Å². The molecule has 2 aliphatic rings. The summed E-state index contributed by atoms with van der Waals surface area (Å²) in [4.78, 5) is 44.2. The molecular formula is C23H26N2O6S. The van der Waals surface area contributed by atoms with E-state index in [-0.39, 0.29) is 0 Å². The second-order valence-electron chi connectivity index (χ2n) is 7.69. The zero-order chi connectivity index (χ0) is 22.7. The number of methoxy groups -OCH3 is 2. The summed E-state index contributed by atoms with van der Waals surface area (Å²) in [5.41, 5.74) is 0.311. The lowest BCUT2D eigenvalue weighted by atomic mass is 9.89. The Kier molecular flexibility index (Phi) is 6.88. The van der Waals surface area contributed by atoms with Gasteiger partial charge < -0.3 is 19.1 Å². The first-order chi connectivity index (χ1) is 15.5. The number of benzene rings is 1. The number of amides is 1. The first-order valence-electron chi connectivity index (χ1n) is 10.5. The number of hydrogen-bond acceptors (Lipinski definition) is 8. The largest absolute Gasteiger partial charge is 0.493 e. The van der Waals surface area contributed by atoms with Crippen LogP contribution in [0.25, 0.3) is 0 Å². The zero-order valence-corrected chi connectivity index (χ0v) is 18.9. The highest BCUT2D eigenvalue weighted by molar-refractivity contribution is 7.10. The Morgan fingerprint density at radius 3 is 2.50 bits per heavy atom. The molecule has 32 heavy (non-hydrogen) atoms. The van der Waals surface area contributed by atoms with Crippen LogP contribution in [-0.2, 0) is 14.3 Å². The van der Waals surface area contributed by atoms with Gasteiger partial charge >= 0.3 is 0 Å². The summed E-state index contributed by atoms with van der Waals surface area (Å²) in [5, 5.41) is 1.89. The number of thiophene rings is 1. The summed E-state index contributed by atoms with van der Waals surface area (Å²) in [6, 6.07) is 7.91. The molecule has 2 aliphatic heterocycles. The molecule has 170 valence electrons. The van der Waals surface area contributed by atoms with Gasteiger partial charge in [0.1, 0.15) is 5.92 Å². The number of carbonyl (C=O) groups is 3. The molecule has 0 saturated carbocycles. The van der Waals surface area contributed by atoms with Crippen molar-refractivity contribution in [2.24, 2.45) is 5.92 Å². The van der Waals surface area contributed by atoms with Crippen molar-refractivity contribution in [2.45, 2.75) is 6.04 Å². The van der Waals surface area contributed by atoms with Gasteiger partial charge in [-0.2, -0.15) is 0 Å². The quantitative estimate of drug-likeness (QED) is 0.340. The predicted molar refractivity (Wildman–Crippen MR) is 118 cm³/mol. The van der Waals surface area contributed by atoms with E-state index in [0.29, 0.717) is 43.4 Å². The molecule has 0 N–H and O–H groups in total. The third-order valence-corrected chi connectivity index (χ3v) is 6.89. The molecule has 1 aromatic heterocycles. The number of hydrogen-bond donors (Lipinski definition) is 0. The summed E-state index contributed by atoms with van der Waals surface area (Å²) in [6.45, 7) is 3.88. The van der Waals surface area contributed by atoms with Crippen LogP contribution in [0.5, 0.6) is 11.5 Å². The SMILES string of the molecule is COc1ccc(C(=O)C2C(=O)C(=O)N(CCN3CCOCC3)C2c2cccs2)cc1OC. The Bertz CT molecular complexity index is 986. The minimum absolute atomic E-state index is 0.311. The number of ketones is 2. The van der Waals surface area contributed by atoms with Gasteiger partial charge in [-0.25, -0.2) is 0 Å². The monoisotopic (exact) mass is 458 g/mol. The van der Waals surface area contributed by atoms with Crippen LogP contribution >= 0.6 is 11.3 Å². The van der Waals surface area contributed by atoms with E-state index in [0.717, 1.165) is 18.0 Å². The number of morpholine rings is 1. The lowest BCUT2D eigenvalue weighted by Crippen LogP contribution is -2.42. The second-order valence-corrected chi connectivity index (χ2v) is 8.67. The fourth-order valence-electron chi connectivity index (χ4n) is 4.25. The molecule has 2 saturated heterocycles. The predicted octanol–water partition coefficient (Wildman–Crippen LogP) is 2.05. The van der Waals surface area contributed by atoms with Gasteiger partial charge in [-0.05, 0) is 29.6 Å². The Morgan fingerprint density at radius 1 is 1.09 bits per heavy atom. The average molecular weight is 459 g/mol. The van der Waals surface area contributed by atoms with Crippen molar-refractivity contribution < 1.29 is 28.6 Å². The molecule has 1 amide bonds. The highest BCUT2D eigenvalue weighted by Crippen LogP contribution is 2.40. The summed E-state index contributed by atoms with van der Waals surface area (Å²) >= 11 is 1.44. The van der Waals surface area contributed by atoms with Crippen molar-refractivity contribution >= 4 is 28.8 Å². The van der Waals surface area contributed by atoms with Crippen LogP contribution in [0.2, 0.25) is 0 Å². The van der Waals surface area contributed by atoms with Crippen molar-refractivity contribution in [3.05, 3.63) is 46.2 Å². The number of Topliss-reactive ketones (excluding diaryl/α,β-unsaturated/α-hetero) is 2. The van der Waals surface area contributed by atoms with Crippen molar-refractivity contribution in [3.63, 3.8) is 0 Å². The van der Waals surface area contributed by atoms with Gasteiger partial charge in [0.25, 0.3) is 5.91 Å². The van der Waals surface area contributed by atoms with Gasteiger partial charge in [0.15, 0.2) is 17.3 Å². The number of rotatable bonds is 8. The molecule has 2 fully saturated rings. The summed E-state index contributed by atoms with van der Waals surface area (Å²) in [6.07, 6.45) is 0. The van der Waals surface area contributed by atoms with Gasteiger partial charge in [-0.15, -0.1) is 11.3 Å². The average Bonchev–Trinajstić information content (AvgIpc) is 3.44. The Morgan fingerprint density at radius 2 is 1.84 bits per heavy atom. The molecular weight excluding hydrogens is 432 g/mol.